The van der Waals surface area contributed by atoms with E-state index in [9.17, 15) is 0 Å². The lowest BCUT2D eigenvalue weighted by molar-refractivity contribution is 0.590. The van der Waals surface area contributed by atoms with E-state index in [1.165, 1.54) is 92.0 Å². The standard InChI is InChI=1S/C92H71N5S/c1-91(2,3)62-46-50-79-75(54-62)76-55-63(92(4,5)6)47-51-80(76)93(79)66-56-84-90-86(57-66)98-85-53-61(59-28-13-8-14-29-59)45-49-82(85)96(90)81-48-44-60(58-26-11-7-12-27-58)52-83(81)97(84)89-73(71-38-23-36-69-67-34-19-21-42-77(67)94(87(69)71)64-30-15-9-16-31-64)40-25-41-74(89)72-39-24-37-70-68-35-20-22-43-78(68)95(88(70)72)65-32-17-10-18-33-65/h7-32,34-57,65H,33H2,1-6H3. The highest BCUT2D eigenvalue weighted by atomic mass is 32.2. The summed E-state index contributed by atoms with van der Waals surface area (Å²) in [5.74, 6) is 0. The van der Waals surface area contributed by atoms with Gasteiger partial charge in [0.25, 0.3) is 0 Å². The molecule has 1 unspecified atom stereocenters. The minimum atomic E-state index is -0.0629. The van der Waals surface area contributed by atoms with Crippen molar-refractivity contribution in [1.82, 2.24) is 13.7 Å². The third-order valence-electron chi connectivity index (χ3n) is 20.9. The van der Waals surface area contributed by atoms with Crippen molar-refractivity contribution in [3.05, 3.63) is 314 Å². The Morgan fingerprint density at radius 2 is 0.847 bits per heavy atom. The second-order valence-corrected chi connectivity index (χ2v) is 29.9. The second-order valence-electron chi connectivity index (χ2n) is 28.8. The molecule has 5 nitrogen and oxygen atoms in total. The van der Waals surface area contributed by atoms with Gasteiger partial charge >= 0.3 is 0 Å². The topological polar surface area (TPSA) is 21.3 Å². The van der Waals surface area contributed by atoms with Crippen LogP contribution in [0.2, 0.25) is 0 Å². The van der Waals surface area contributed by atoms with Crippen LogP contribution in [0.5, 0.6) is 0 Å². The predicted octanol–water partition coefficient (Wildman–Crippen LogP) is 26.0. The normalized spacial score (nSPS) is 14.3. The van der Waals surface area contributed by atoms with Crippen LogP contribution in [-0.4, -0.2) is 13.7 Å². The van der Waals surface area contributed by atoms with Gasteiger partial charge in [-0.15, -0.1) is 0 Å². The van der Waals surface area contributed by atoms with E-state index in [1.54, 1.807) is 0 Å². The number of fused-ring (bicyclic) bond motifs is 13. The Labute approximate surface area is 576 Å². The van der Waals surface area contributed by atoms with Gasteiger partial charge in [0.05, 0.1) is 67.7 Å². The van der Waals surface area contributed by atoms with Crippen LogP contribution in [0.3, 0.4) is 0 Å². The number of hydrogen-bond donors (Lipinski definition) is 0. The van der Waals surface area contributed by atoms with E-state index < -0.39 is 0 Å². The lowest BCUT2D eigenvalue weighted by Gasteiger charge is -2.45. The molecule has 0 amide bonds. The van der Waals surface area contributed by atoms with Crippen LogP contribution in [0, 0.1) is 0 Å². The lowest BCUT2D eigenvalue weighted by Crippen LogP contribution is -2.27. The molecule has 16 aromatic rings. The van der Waals surface area contributed by atoms with Crippen molar-refractivity contribution in [2.24, 2.45) is 0 Å². The highest BCUT2D eigenvalue weighted by molar-refractivity contribution is 7.99. The molecule has 1 atom stereocenters. The Hall–Kier alpha value is -11.3. The van der Waals surface area contributed by atoms with E-state index in [0.717, 1.165) is 90.8 Å². The maximum Gasteiger partial charge on any atom is 0.0846 e. The predicted molar refractivity (Wildman–Crippen MR) is 416 cm³/mol. The molecule has 0 spiro atoms. The monoisotopic (exact) mass is 1280 g/mol. The largest absolute Gasteiger partial charge is 0.333 e. The summed E-state index contributed by atoms with van der Waals surface area (Å²) in [6.07, 6.45) is 10.0. The van der Waals surface area contributed by atoms with Crippen molar-refractivity contribution < 1.29 is 0 Å². The fraction of sp³-hybridized carbons (Fsp3) is 0.109. The minimum Gasteiger partial charge on any atom is -0.333 e. The first-order valence-electron chi connectivity index (χ1n) is 34.4. The van der Waals surface area contributed by atoms with Crippen LogP contribution >= 0.6 is 11.8 Å². The summed E-state index contributed by atoms with van der Waals surface area (Å²) in [5.41, 5.74) is 27.7. The van der Waals surface area contributed by atoms with Crippen LogP contribution in [0.1, 0.15) is 65.1 Å². The van der Waals surface area contributed by atoms with E-state index in [4.69, 9.17) is 0 Å². The number of nitrogens with zero attached hydrogens (tertiary/aromatic N) is 5. The average molecular weight is 1280 g/mol. The van der Waals surface area contributed by atoms with Crippen LogP contribution in [0.25, 0.3) is 121 Å². The first-order chi connectivity index (χ1) is 47.9. The fourth-order valence-corrected chi connectivity index (χ4v) is 17.4. The summed E-state index contributed by atoms with van der Waals surface area (Å²) in [4.78, 5) is 7.69. The van der Waals surface area contributed by atoms with E-state index in [0.29, 0.717) is 0 Å². The van der Waals surface area contributed by atoms with Gasteiger partial charge in [-0.1, -0.05) is 272 Å². The van der Waals surface area contributed by atoms with Gasteiger partial charge < -0.3 is 23.5 Å². The molecular formula is C92H71N5S. The Morgan fingerprint density at radius 1 is 0.327 bits per heavy atom. The number of rotatable bonds is 8. The summed E-state index contributed by atoms with van der Waals surface area (Å²) in [6, 6.07) is 106. The van der Waals surface area contributed by atoms with Crippen LogP contribution in [0.4, 0.5) is 34.1 Å². The number of para-hydroxylation sites is 6. The molecule has 2 aliphatic heterocycles. The molecule has 470 valence electrons. The molecule has 98 heavy (non-hydrogen) atoms. The highest BCUT2D eigenvalue weighted by Crippen LogP contribution is 2.65. The van der Waals surface area contributed by atoms with Crippen molar-refractivity contribution in [1.29, 1.82) is 0 Å². The van der Waals surface area contributed by atoms with Gasteiger partial charge in [-0.2, -0.15) is 0 Å². The number of aromatic nitrogens is 3. The first kappa shape index (κ1) is 58.1. The molecule has 19 rings (SSSR count). The molecular weight excluding hydrogens is 1210 g/mol. The van der Waals surface area contributed by atoms with Gasteiger partial charge in [-0.25, -0.2) is 0 Å². The zero-order chi connectivity index (χ0) is 65.7. The number of benzene rings is 13. The van der Waals surface area contributed by atoms with Crippen molar-refractivity contribution in [2.75, 3.05) is 9.80 Å². The van der Waals surface area contributed by atoms with Gasteiger partial charge in [0.15, 0.2) is 0 Å². The van der Waals surface area contributed by atoms with Gasteiger partial charge in [-0.05, 0) is 136 Å². The van der Waals surface area contributed by atoms with Crippen LogP contribution in [-0.2, 0) is 10.8 Å². The van der Waals surface area contributed by atoms with Crippen molar-refractivity contribution in [2.45, 2.75) is 74.6 Å². The van der Waals surface area contributed by atoms with E-state index >= 15 is 0 Å². The SMILES string of the molecule is CC(C)(C)c1ccc2c(c1)c1cc(C(C)(C)C)ccc1n2-c1cc2c3c(c1)N(c1c(-c4cccc5c6ccccc6n(-c6ccccc6)c45)cccc1-c1cccc4c5ccccc5n(C5C=CC=CC5)c14)c1cc(-c4ccccc4)ccc1N3c1ccc(-c3ccccc3)cc1S2. The summed E-state index contributed by atoms with van der Waals surface area (Å²) in [6.45, 7) is 14.0. The van der Waals surface area contributed by atoms with Gasteiger partial charge in [0.1, 0.15) is 0 Å². The quantitative estimate of drug-likeness (QED) is 0.151. The number of hydrogen-bond acceptors (Lipinski definition) is 3. The molecule has 0 saturated carbocycles. The van der Waals surface area contributed by atoms with Crippen molar-refractivity contribution in [3.8, 4) is 55.9 Å². The molecule has 6 heteroatoms. The highest BCUT2D eigenvalue weighted by Gasteiger charge is 2.40. The number of anilines is 6. The average Bonchev–Trinajstić information content (AvgIpc) is 0.996. The molecule has 3 aliphatic rings. The van der Waals surface area contributed by atoms with Crippen molar-refractivity contribution >= 4 is 111 Å². The van der Waals surface area contributed by atoms with E-state index in [-0.39, 0.29) is 16.9 Å². The zero-order valence-electron chi connectivity index (χ0n) is 55.8. The Balaban J connectivity index is 0.989. The molecule has 0 saturated heterocycles. The zero-order valence-corrected chi connectivity index (χ0v) is 56.6. The first-order valence-corrected chi connectivity index (χ1v) is 35.2. The Bertz CT molecular complexity index is 5960. The maximum absolute atomic E-state index is 2.71. The summed E-state index contributed by atoms with van der Waals surface area (Å²) < 4.78 is 7.73. The molecule has 0 N–H and O–H groups in total. The molecule has 0 bridgehead atoms. The van der Waals surface area contributed by atoms with Gasteiger partial charge in [0, 0.05) is 81.3 Å². The molecule has 13 aromatic carbocycles. The molecule has 0 radical (unpaired) electrons. The summed E-state index contributed by atoms with van der Waals surface area (Å²) in [7, 11) is 0. The van der Waals surface area contributed by atoms with Crippen LogP contribution in [0.15, 0.2) is 313 Å². The van der Waals surface area contributed by atoms with Gasteiger partial charge in [0.2, 0.25) is 0 Å². The maximum atomic E-state index is 2.71. The summed E-state index contributed by atoms with van der Waals surface area (Å²) in [5, 5.41) is 7.41. The Morgan fingerprint density at radius 3 is 1.48 bits per heavy atom. The number of allylic oxidation sites excluding steroid dienone is 4. The smallest absolute Gasteiger partial charge is 0.0846 e. The third kappa shape index (κ3) is 9.00. The van der Waals surface area contributed by atoms with E-state index in [1.807, 2.05) is 11.8 Å². The lowest BCUT2D eigenvalue weighted by atomic mass is 9.85. The third-order valence-corrected chi connectivity index (χ3v) is 22.0. The summed E-state index contributed by atoms with van der Waals surface area (Å²) >= 11 is 1.89. The molecule has 1 aliphatic carbocycles. The van der Waals surface area contributed by atoms with Crippen LogP contribution < -0.4 is 9.80 Å². The molecule has 0 fully saturated rings. The second kappa shape index (κ2) is 22.1. The molecule has 5 heterocycles. The van der Waals surface area contributed by atoms with Gasteiger partial charge in [-0.3, -0.25) is 0 Å². The fourth-order valence-electron chi connectivity index (χ4n) is 16.2. The molecule has 3 aromatic heterocycles. The van der Waals surface area contributed by atoms with Crippen molar-refractivity contribution in [3.63, 3.8) is 0 Å². The van der Waals surface area contributed by atoms with E-state index in [2.05, 4.69) is 368 Å². The Kier molecular flexibility index (Phi) is 13.1. The minimum absolute atomic E-state index is 0.0629.